The van der Waals surface area contributed by atoms with Crippen LogP contribution in [-0.4, -0.2) is 25.9 Å². The van der Waals surface area contributed by atoms with Crippen molar-refractivity contribution in [1.82, 2.24) is 5.32 Å². The minimum absolute atomic E-state index is 0.485. The number of methoxy groups -OCH3 is 2. The van der Waals surface area contributed by atoms with Crippen LogP contribution in [0.25, 0.3) is 0 Å². The second-order valence-electron chi connectivity index (χ2n) is 4.77. The average Bonchev–Trinajstić information content (AvgIpc) is 2.55. The fourth-order valence-corrected chi connectivity index (χ4v) is 2.06. The van der Waals surface area contributed by atoms with Gasteiger partial charge in [0.15, 0.2) is 0 Å². The monoisotopic (exact) mass is 287 g/mol. The van der Waals surface area contributed by atoms with E-state index < -0.39 is 6.10 Å². The SMILES string of the molecule is COc1ccc(CNCC(O)c2cccc(OC)c2)cc1. The maximum Gasteiger partial charge on any atom is 0.119 e. The van der Waals surface area contributed by atoms with Crippen LogP contribution in [0.5, 0.6) is 11.5 Å². The molecule has 0 spiro atoms. The smallest absolute Gasteiger partial charge is 0.119 e. The lowest BCUT2D eigenvalue weighted by Crippen LogP contribution is -2.21. The highest BCUT2D eigenvalue weighted by Crippen LogP contribution is 2.18. The number of rotatable bonds is 7. The predicted molar refractivity (Wildman–Crippen MR) is 82.7 cm³/mol. The first-order valence-electron chi connectivity index (χ1n) is 6.88. The van der Waals surface area contributed by atoms with Crippen LogP contribution in [0.1, 0.15) is 17.2 Å². The van der Waals surface area contributed by atoms with Gasteiger partial charge in [0, 0.05) is 13.1 Å². The largest absolute Gasteiger partial charge is 0.497 e. The molecule has 0 aliphatic carbocycles. The van der Waals surface area contributed by atoms with Crippen LogP contribution in [-0.2, 0) is 6.54 Å². The summed E-state index contributed by atoms with van der Waals surface area (Å²) in [5.41, 5.74) is 1.99. The maximum atomic E-state index is 10.2. The van der Waals surface area contributed by atoms with E-state index in [-0.39, 0.29) is 0 Å². The van der Waals surface area contributed by atoms with Gasteiger partial charge < -0.3 is 19.9 Å². The summed E-state index contributed by atoms with van der Waals surface area (Å²) in [5, 5.41) is 13.4. The quantitative estimate of drug-likeness (QED) is 0.821. The summed E-state index contributed by atoms with van der Waals surface area (Å²) in [4.78, 5) is 0. The molecule has 2 rings (SSSR count). The fourth-order valence-electron chi connectivity index (χ4n) is 2.06. The molecule has 0 amide bonds. The average molecular weight is 287 g/mol. The minimum atomic E-state index is -0.557. The van der Waals surface area contributed by atoms with Gasteiger partial charge in [0.25, 0.3) is 0 Å². The minimum Gasteiger partial charge on any atom is -0.497 e. The number of nitrogens with one attached hydrogen (secondary N) is 1. The van der Waals surface area contributed by atoms with Gasteiger partial charge in [-0.2, -0.15) is 0 Å². The van der Waals surface area contributed by atoms with Gasteiger partial charge in [0.05, 0.1) is 20.3 Å². The molecule has 2 aromatic rings. The van der Waals surface area contributed by atoms with Crippen molar-refractivity contribution >= 4 is 0 Å². The maximum absolute atomic E-state index is 10.2. The molecule has 2 N–H and O–H groups in total. The molecular weight excluding hydrogens is 266 g/mol. The van der Waals surface area contributed by atoms with Crippen LogP contribution in [0.15, 0.2) is 48.5 Å². The van der Waals surface area contributed by atoms with E-state index in [9.17, 15) is 5.11 Å². The molecule has 0 bridgehead atoms. The summed E-state index contributed by atoms with van der Waals surface area (Å²) in [7, 11) is 3.27. The van der Waals surface area contributed by atoms with Gasteiger partial charge in [-0.05, 0) is 35.4 Å². The summed E-state index contributed by atoms with van der Waals surface area (Å²) >= 11 is 0. The van der Waals surface area contributed by atoms with Gasteiger partial charge >= 0.3 is 0 Å². The van der Waals surface area contributed by atoms with E-state index in [0.29, 0.717) is 13.1 Å². The van der Waals surface area contributed by atoms with Crippen molar-refractivity contribution in [2.24, 2.45) is 0 Å². The van der Waals surface area contributed by atoms with Crippen molar-refractivity contribution in [3.8, 4) is 11.5 Å². The number of aliphatic hydroxyl groups is 1. The Kier molecular flexibility index (Phi) is 5.60. The third kappa shape index (κ3) is 4.48. The summed E-state index contributed by atoms with van der Waals surface area (Å²) in [6, 6.07) is 15.3. The molecule has 0 heterocycles. The van der Waals surface area contributed by atoms with Crippen LogP contribution in [0.3, 0.4) is 0 Å². The van der Waals surface area contributed by atoms with Crippen molar-refractivity contribution < 1.29 is 14.6 Å². The Morgan fingerprint density at radius 3 is 2.38 bits per heavy atom. The van der Waals surface area contributed by atoms with Crippen molar-refractivity contribution in [3.05, 3.63) is 59.7 Å². The number of hydrogen-bond donors (Lipinski definition) is 2. The molecule has 4 heteroatoms. The first-order chi connectivity index (χ1) is 10.2. The molecule has 0 fully saturated rings. The summed E-state index contributed by atoms with van der Waals surface area (Å²) < 4.78 is 10.3. The van der Waals surface area contributed by atoms with Crippen molar-refractivity contribution in [2.75, 3.05) is 20.8 Å². The standard InChI is InChI=1S/C17H21NO3/c1-20-15-8-6-13(7-9-15)11-18-12-17(19)14-4-3-5-16(10-14)21-2/h3-10,17-19H,11-12H2,1-2H3. The first kappa shape index (κ1) is 15.4. The van der Waals surface area contributed by atoms with E-state index in [4.69, 9.17) is 9.47 Å². The number of aliphatic hydroxyl groups excluding tert-OH is 1. The highest BCUT2D eigenvalue weighted by Gasteiger charge is 2.07. The molecule has 0 saturated carbocycles. The van der Waals surface area contributed by atoms with Crippen molar-refractivity contribution in [1.29, 1.82) is 0 Å². The van der Waals surface area contributed by atoms with E-state index >= 15 is 0 Å². The zero-order valence-corrected chi connectivity index (χ0v) is 12.4. The molecule has 0 radical (unpaired) electrons. The first-order valence-corrected chi connectivity index (χ1v) is 6.88. The number of ether oxygens (including phenoxy) is 2. The van der Waals surface area contributed by atoms with E-state index in [2.05, 4.69) is 5.32 Å². The molecule has 0 saturated heterocycles. The highest BCUT2D eigenvalue weighted by molar-refractivity contribution is 5.30. The lowest BCUT2D eigenvalue weighted by atomic mass is 10.1. The fraction of sp³-hybridized carbons (Fsp3) is 0.294. The lowest BCUT2D eigenvalue weighted by Gasteiger charge is -2.13. The normalized spacial score (nSPS) is 12.0. The van der Waals surface area contributed by atoms with E-state index in [1.165, 1.54) is 0 Å². The van der Waals surface area contributed by atoms with Crippen LogP contribution in [0, 0.1) is 0 Å². The third-order valence-electron chi connectivity index (χ3n) is 3.30. The molecular formula is C17H21NO3. The Balaban J connectivity index is 1.84. The zero-order valence-electron chi connectivity index (χ0n) is 12.4. The Hall–Kier alpha value is -2.04. The summed E-state index contributed by atoms with van der Waals surface area (Å²) in [6.07, 6.45) is -0.557. The Labute approximate surface area is 125 Å². The van der Waals surface area contributed by atoms with Gasteiger partial charge in [-0.25, -0.2) is 0 Å². The van der Waals surface area contributed by atoms with Crippen molar-refractivity contribution in [2.45, 2.75) is 12.6 Å². The van der Waals surface area contributed by atoms with Gasteiger partial charge in [0.2, 0.25) is 0 Å². The highest BCUT2D eigenvalue weighted by atomic mass is 16.5. The molecule has 4 nitrogen and oxygen atoms in total. The van der Waals surface area contributed by atoms with Crippen LogP contribution in [0.2, 0.25) is 0 Å². The summed E-state index contributed by atoms with van der Waals surface area (Å²) in [5.74, 6) is 1.59. The number of benzene rings is 2. The van der Waals surface area contributed by atoms with Gasteiger partial charge in [-0.3, -0.25) is 0 Å². The predicted octanol–water partition coefficient (Wildman–Crippen LogP) is 2.53. The van der Waals surface area contributed by atoms with E-state index in [1.54, 1.807) is 14.2 Å². The molecule has 0 aliphatic heterocycles. The summed E-state index contributed by atoms with van der Waals surface area (Å²) in [6.45, 7) is 1.18. The van der Waals surface area contributed by atoms with Crippen LogP contribution < -0.4 is 14.8 Å². The second-order valence-corrected chi connectivity index (χ2v) is 4.77. The Morgan fingerprint density at radius 1 is 1.00 bits per heavy atom. The zero-order chi connectivity index (χ0) is 15.1. The van der Waals surface area contributed by atoms with E-state index in [1.807, 2.05) is 48.5 Å². The molecule has 1 unspecified atom stereocenters. The van der Waals surface area contributed by atoms with E-state index in [0.717, 1.165) is 22.6 Å². The molecule has 112 valence electrons. The molecule has 0 aliphatic rings. The molecule has 21 heavy (non-hydrogen) atoms. The molecule has 2 aromatic carbocycles. The molecule has 1 atom stereocenters. The van der Waals surface area contributed by atoms with Crippen LogP contribution in [0.4, 0.5) is 0 Å². The number of hydrogen-bond acceptors (Lipinski definition) is 4. The topological polar surface area (TPSA) is 50.7 Å². The Morgan fingerprint density at radius 2 is 1.71 bits per heavy atom. The Bertz CT molecular complexity index is 554. The van der Waals surface area contributed by atoms with Crippen molar-refractivity contribution in [3.63, 3.8) is 0 Å². The van der Waals surface area contributed by atoms with Gasteiger partial charge in [-0.15, -0.1) is 0 Å². The molecule has 0 aromatic heterocycles. The lowest BCUT2D eigenvalue weighted by molar-refractivity contribution is 0.174. The van der Waals surface area contributed by atoms with Crippen LogP contribution >= 0.6 is 0 Å². The second kappa shape index (κ2) is 7.67. The van der Waals surface area contributed by atoms with Gasteiger partial charge in [0.1, 0.15) is 11.5 Å². The third-order valence-corrected chi connectivity index (χ3v) is 3.30. The van der Waals surface area contributed by atoms with Gasteiger partial charge in [-0.1, -0.05) is 24.3 Å².